The van der Waals surface area contributed by atoms with Crippen LogP contribution in [0.15, 0.2) is 0 Å². The number of rotatable bonds is 3. The maximum atomic E-state index is 10.5. The van der Waals surface area contributed by atoms with E-state index in [1.165, 1.54) is 0 Å². The Balaban J connectivity index is 3.89. The summed E-state index contributed by atoms with van der Waals surface area (Å²) < 4.78 is 10.5. The molecule has 0 radical (unpaired) electrons. The van der Waals surface area contributed by atoms with Crippen LogP contribution < -0.4 is 5.14 Å². The number of nitrogens with zero attached hydrogens (tertiary/aromatic N) is 1. The second-order valence-corrected chi connectivity index (χ2v) is 4.07. The van der Waals surface area contributed by atoms with E-state index in [1.807, 2.05) is 19.9 Å². The summed E-state index contributed by atoms with van der Waals surface area (Å²) in [7, 11) is -1.29. The molecule has 0 rings (SSSR count). The molecule has 0 aliphatic rings. The minimum Gasteiger partial charge on any atom is -0.252 e. The molecule has 4 heteroatoms. The molecule has 10 heavy (non-hydrogen) atoms. The molecule has 0 aromatic carbocycles. The minimum absolute atomic E-state index is 0.214. The fourth-order valence-corrected chi connectivity index (χ4v) is 1.52. The molecule has 0 aromatic heterocycles. The molecule has 0 amide bonds. The van der Waals surface area contributed by atoms with Crippen molar-refractivity contribution in [2.75, 3.05) is 5.75 Å². The molecule has 0 saturated carbocycles. The summed E-state index contributed by atoms with van der Waals surface area (Å²) in [6.45, 7) is 3.75. The first-order chi connectivity index (χ1) is 4.48. The van der Waals surface area contributed by atoms with Crippen molar-refractivity contribution in [3.63, 3.8) is 0 Å². The SMILES string of the molecule is CC(C)(CC#N)CS(N)=O. The average Bonchev–Trinajstić information content (AvgIpc) is 1.59. The van der Waals surface area contributed by atoms with Crippen LogP contribution >= 0.6 is 0 Å². The third-order valence-electron chi connectivity index (χ3n) is 1.09. The Morgan fingerprint density at radius 1 is 1.70 bits per heavy atom. The number of nitrogens with two attached hydrogens (primary N) is 1. The highest BCUT2D eigenvalue weighted by molar-refractivity contribution is 7.82. The molecule has 0 spiro atoms. The van der Waals surface area contributed by atoms with Crippen molar-refractivity contribution in [3.8, 4) is 6.07 Å². The molecule has 0 heterocycles. The monoisotopic (exact) mass is 160 g/mol. The highest BCUT2D eigenvalue weighted by Crippen LogP contribution is 2.19. The van der Waals surface area contributed by atoms with Crippen LogP contribution in [0.3, 0.4) is 0 Å². The summed E-state index contributed by atoms with van der Waals surface area (Å²) in [4.78, 5) is 0. The van der Waals surface area contributed by atoms with Gasteiger partial charge in [0.15, 0.2) is 0 Å². The first-order valence-corrected chi connectivity index (χ1v) is 4.36. The quantitative estimate of drug-likeness (QED) is 0.655. The standard InChI is InChI=1S/C6H12N2OS/c1-6(2,3-4-7)5-10(8)9/h3,5,8H2,1-2H3. The summed E-state index contributed by atoms with van der Waals surface area (Å²) in [5.74, 6) is 0.389. The lowest BCUT2D eigenvalue weighted by Crippen LogP contribution is -2.23. The predicted molar refractivity (Wildman–Crippen MR) is 41.2 cm³/mol. The predicted octanol–water partition coefficient (Wildman–Crippen LogP) is 0.549. The normalized spacial score (nSPS) is 14.2. The molecule has 0 aromatic rings. The van der Waals surface area contributed by atoms with Gasteiger partial charge in [-0.15, -0.1) is 0 Å². The lowest BCUT2D eigenvalue weighted by Gasteiger charge is -2.17. The largest absolute Gasteiger partial charge is 0.252 e. The van der Waals surface area contributed by atoms with Gasteiger partial charge in [0.25, 0.3) is 0 Å². The molecule has 2 N–H and O–H groups in total. The molecule has 1 unspecified atom stereocenters. The van der Waals surface area contributed by atoms with Crippen molar-refractivity contribution in [1.82, 2.24) is 0 Å². The van der Waals surface area contributed by atoms with E-state index >= 15 is 0 Å². The fraction of sp³-hybridized carbons (Fsp3) is 0.833. The van der Waals surface area contributed by atoms with Crippen molar-refractivity contribution in [2.24, 2.45) is 10.6 Å². The lowest BCUT2D eigenvalue weighted by molar-refractivity contribution is 0.431. The maximum Gasteiger partial charge on any atom is 0.0893 e. The molecular formula is C6H12N2OS. The molecule has 3 nitrogen and oxygen atoms in total. The first kappa shape index (κ1) is 9.60. The van der Waals surface area contributed by atoms with Crippen molar-refractivity contribution >= 4 is 11.0 Å². The van der Waals surface area contributed by atoms with Crippen molar-refractivity contribution < 1.29 is 4.21 Å². The zero-order valence-corrected chi connectivity index (χ0v) is 7.07. The van der Waals surface area contributed by atoms with Gasteiger partial charge < -0.3 is 0 Å². The molecule has 0 aliphatic heterocycles. The van der Waals surface area contributed by atoms with Crippen LogP contribution in [0.4, 0.5) is 0 Å². The van der Waals surface area contributed by atoms with Gasteiger partial charge in [0.05, 0.1) is 17.1 Å². The number of hydrogen-bond acceptors (Lipinski definition) is 2. The fourth-order valence-electron chi connectivity index (χ4n) is 0.650. The summed E-state index contributed by atoms with van der Waals surface area (Å²) in [6.07, 6.45) is 0.399. The Bertz CT molecular complexity index is 171. The van der Waals surface area contributed by atoms with Gasteiger partial charge >= 0.3 is 0 Å². The smallest absolute Gasteiger partial charge is 0.0893 e. The van der Waals surface area contributed by atoms with Gasteiger partial charge in [0.2, 0.25) is 0 Å². The van der Waals surface area contributed by atoms with E-state index in [0.717, 1.165) is 0 Å². The van der Waals surface area contributed by atoms with Crippen molar-refractivity contribution in [1.29, 1.82) is 5.26 Å². The molecule has 0 bridgehead atoms. The number of hydrogen-bond donors (Lipinski definition) is 1. The van der Waals surface area contributed by atoms with E-state index in [9.17, 15) is 4.21 Å². The molecule has 0 aliphatic carbocycles. The van der Waals surface area contributed by atoms with Crippen LogP contribution in [0.5, 0.6) is 0 Å². The van der Waals surface area contributed by atoms with E-state index in [-0.39, 0.29) is 5.41 Å². The molecule has 58 valence electrons. The summed E-state index contributed by atoms with van der Waals surface area (Å²) in [6, 6.07) is 2.02. The van der Waals surface area contributed by atoms with E-state index < -0.39 is 11.0 Å². The average molecular weight is 160 g/mol. The Morgan fingerprint density at radius 3 is 2.50 bits per heavy atom. The Kier molecular flexibility index (Phi) is 3.54. The van der Waals surface area contributed by atoms with Crippen molar-refractivity contribution in [3.05, 3.63) is 0 Å². The topological polar surface area (TPSA) is 66.9 Å². The lowest BCUT2D eigenvalue weighted by atomic mass is 9.93. The van der Waals surface area contributed by atoms with Gasteiger partial charge in [-0.3, -0.25) is 5.14 Å². The van der Waals surface area contributed by atoms with E-state index in [0.29, 0.717) is 12.2 Å². The van der Waals surface area contributed by atoms with E-state index in [4.69, 9.17) is 10.4 Å². The third-order valence-corrected chi connectivity index (χ3v) is 2.16. The van der Waals surface area contributed by atoms with Gasteiger partial charge in [-0.1, -0.05) is 13.8 Å². The van der Waals surface area contributed by atoms with Crippen LogP contribution in [-0.2, 0) is 11.0 Å². The zero-order chi connectivity index (χ0) is 8.20. The Labute approximate surface area is 63.8 Å². The second-order valence-electron chi connectivity index (χ2n) is 3.02. The molecular weight excluding hydrogens is 148 g/mol. The summed E-state index contributed by atoms with van der Waals surface area (Å²) in [5, 5.41) is 13.4. The first-order valence-electron chi connectivity index (χ1n) is 2.98. The minimum atomic E-state index is -1.29. The number of nitriles is 1. The van der Waals surface area contributed by atoms with Gasteiger partial charge in [-0.25, -0.2) is 4.21 Å². The van der Waals surface area contributed by atoms with Crippen LogP contribution in [0.25, 0.3) is 0 Å². The van der Waals surface area contributed by atoms with E-state index in [1.54, 1.807) is 0 Å². The molecule has 0 saturated heterocycles. The molecule has 0 fully saturated rings. The van der Waals surface area contributed by atoms with Crippen LogP contribution in [0.1, 0.15) is 20.3 Å². The van der Waals surface area contributed by atoms with Gasteiger partial charge in [0.1, 0.15) is 0 Å². The van der Waals surface area contributed by atoms with Crippen molar-refractivity contribution in [2.45, 2.75) is 20.3 Å². The van der Waals surface area contributed by atoms with Crippen LogP contribution in [0.2, 0.25) is 0 Å². The van der Waals surface area contributed by atoms with Gasteiger partial charge in [-0.05, 0) is 5.41 Å². The van der Waals surface area contributed by atoms with Crippen LogP contribution in [-0.4, -0.2) is 9.96 Å². The Morgan fingerprint density at radius 2 is 2.20 bits per heavy atom. The summed E-state index contributed by atoms with van der Waals surface area (Å²) in [5.41, 5.74) is -0.214. The van der Waals surface area contributed by atoms with Gasteiger partial charge in [0, 0.05) is 12.2 Å². The van der Waals surface area contributed by atoms with Gasteiger partial charge in [-0.2, -0.15) is 5.26 Å². The summed E-state index contributed by atoms with van der Waals surface area (Å²) >= 11 is 0. The maximum absolute atomic E-state index is 10.5. The third kappa shape index (κ3) is 4.48. The molecule has 1 atom stereocenters. The highest BCUT2D eigenvalue weighted by Gasteiger charge is 2.19. The Hall–Kier alpha value is -0.400. The zero-order valence-electron chi connectivity index (χ0n) is 6.26. The van der Waals surface area contributed by atoms with Crippen LogP contribution in [0, 0.1) is 16.7 Å². The highest BCUT2D eigenvalue weighted by atomic mass is 32.2. The van der Waals surface area contributed by atoms with E-state index in [2.05, 4.69) is 0 Å². The second kappa shape index (κ2) is 3.69.